The van der Waals surface area contributed by atoms with E-state index in [0.29, 0.717) is 6.42 Å². The first-order chi connectivity index (χ1) is 7.82. The molecule has 0 radical (unpaired) electrons. The minimum absolute atomic E-state index is 0.00583. The molecule has 0 heterocycles. The molecule has 0 aliphatic heterocycles. The van der Waals surface area contributed by atoms with Crippen LogP contribution in [0.15, 0.2) is 42.5 Å². The molecule has 1 aliphatic rings. The smallest absolute Gasteiger partial charge is 0.154 e. The number of nitriles is 2. The minimum Gasteiger partial charge on any atom is -0.197 e. The van der Waals surface area contributed by atoms with E-state index in [-0.39, 0.29) is 5.92 Å². The zero-order valence-electron chi connectivity index (χ0n) is 8.93. The third kappa shape index (κ3) is 1.59. The lowest BCUT2D eigenvalue weighted by atomic mass is 9.68. The van der Waals surface area contributed by atoms with Gasteiger partial charge in [-0.25, -0.2) is 0 Å². The van der Waals surface area contributed by atoms with Crippen molar-refractivity contribution < 1.29 is 0 Å². The van der Waals surface area contributed by atoms with Crippen molar-refractivity contribution in [3.05, 3.63) is 48.0 Å². The molecule has 78 valence electrons. The summed E-state index contributed by atoms with van der Waals surface area (Å²) in [4.78, 5) is 0. The fraction of sp³-hybridized carbons (Fsp3) is 0.286. The van der Waals surface area contributed by atoms with E-state index < -0.39 is 5.41 Å². The Kier molecular flexibility index (Phi) is 2.75. The van der Waals surface area contributed by atoms with E-state index in [2.05, 4.69) is 18.2 Å². The highest BCUT2D eigenvalue weighted by Crippen LogP contribution is 2.43. The predicted octanol–water partition coefficient (Wildman–Crippen LogP) is 3.15. The summed E-state index contributed by atoms with van der Waals surface area (Å²) in [5.41, 5.74) is 0.186. The maximum Gasteiger partial charge on any atom is 0.154 e. The van der Waals surface area contributed by atoms with Gasteiger partial charge < -0.3 is 0 Å². The van der Waals surface area contributed by atoms with Crippen molar-refractivity contribution in [1.82, 2.24) is 0 Å². The van der Waals surface area contributed by atoms with E-state index in [9.17, 15) is 10.5 Å². The monoisotopic (exact) mass is 208 g/mol. The molecule has 1 unspecified atom stereocenters. The van der Waals surface area contributed by atoms with Crippen molar-refractivity contribution >= 4 is 0 Å². The van der Waals surface area contributed by atoms with E-state index in [1.165, 1.54) is 0 Å². The van der Waals surface area contributed by atoms with Gasteiger partial charge in [0.05, 0.1) is 12.1 Å². The van der Waals surface area contributed by atoms with Crippen molar-refractivity contribution in [3.63, 3.8) is 0 Å². The average Bonchev–Trinajstić information content (AvgIpc) is 2.39. The van der Waals surface area contributed by atoms with Gasteiger partial charge in [0.2, 0.25) is 0 Å². The van der Waals surface area contributed by atoms with Crippen LogP contribution < -0.4 is 0 Å². The van der Waals surface area contributed by atoms with E-state index >= 15 is 0 Å². The summed E-state index contributed by atoms with van der Waals surface area (Å²) in [6, 6.07) is 14.2. The molecule has 0 spiro atoms. The molecule has 0 fully saturated rings. The quantitative estimate of drug-likeness (QED) is 0.665. The SMILES string of the molecule is N#CC1(C#N)CC=CCC1c1ccccc1. The molecule has 1 aliphatic carbocycles. The first kappa shape index (κ1) is 10.5. The molecule has 0 saturated carbocycles. The highest BCUT2D eigenvalue weighted by Gasteiger charge is 2.40. The molecular formula is C14H12N2. The van der Waals surface area contributed by atoms with Gasteiger partial charge >= 0.3 is 0 Å². The topological polar surface area (TPSA) is 47.6 Å². The minimum atomic E-state index is -0.893. The summed E-state index contributed by atoms with van der Waals surface area (Å²) >= 11 is 0. The van der Waals surface area contributed by atoms with E-state index in [1.54, 1.807) is 0 Å². The third-order valence-corrected chi connectivity index (χ3v) is 3.17. The molecule has 0 bridgehead atoms. The first-order valence-electron chi connectivity index (χ1n) is 5.35. The zero-order valence-corrected chi connectivity index (χ0v) is 8.93. The van der Waals surface area contributed by atoms with Crippen LogP contribution in [0, 0.1) is 28.1 Å². The molecule has 0 N–H and O–H groups in total. The van der Waals surface area contributed by atoms with Gasteiger partial charge in [-0.2, -0.15) is 10.5 Å². The van der Waals surface area contributed by atoms with Gasteiger partial charge in [-0.3, -0.25) is 0 Å². The Morgan fingerprint density at radius 1 is 1.06 bits per heavy atom. The molecule has 0 saturated heterocycles. The van der Waals surface area contributed by atoms with Gasteiger partial charge in [0, 0.05) is 5.92 Å². The number of rotatable bonds is 1. The standard InChI is InChI=1S/C14H12N2/c15-10-14(11-16)9-5-4-8-13(14)12-6-2-1-3-7-12/h1-7,13H,8-9H2. The highest BCUT2D eigenvalue weighted by atomic mass is 14.5. The van der Waals surface area contributed by atoms with Crippen molar-refractivity contribution in [2.24, 2.45) is 5.41 Å². The van der Waals surface area contributed by atoms with Crippen LogP contribution in [0.5, 0.6) is 0 Å². The zero-order chi connectivity index (χ0) is 11.4. The number of nitrogens with zero attached hydrogens (tertiary/aromatic N) is 2. The van der Waals surface area contributed by atoms with Crippen molar-refractivity contribution in [1.29, 1.82) is 10.5 Å². The second-order valence-electron chi connectivity index (χ2n) is 4.07. The van der Waals surface area contributed by atoms with Crippen molar-refractivity contribution in [3.8, 4) is 12.1 Å². The molecular weight excluding hydrogens is 196 g/mol. The Morgan fingerprint density at radius 3 is 2.38 bits per heavy atom. The Balaban J connectivity index is 2.44. The highest BCUT2D eigenvalue weighted by molar-refractivity contribution is 5.34. The van der Waals surface area contributed by atoms with Crippen LogP contribution in [0.4, 0.5) is 0 Å². The maximum atomic E-state index is 9.27. The number of hydrogen-bond acceptors (Lipinski definition) is 2. The molecule has 2 heteroatoms. The second kappa shape index (κ2) is 4.21. The molecule has 1 atom stereocenters. The van der Waals surface area contributed by atoms with Gasteiger partial charge in [0.15, 0.2) is 5.41 Å². The maximum absolute atomic E-state index is 9.27. The Morgan fingerprint density at radius 2 is 1.75 bits per heavy atom. The van der Waals surface area contributed by atoms with Gasteiger partial charge in [0.1, 0.15) is 0 Å². The number of allylic oxidation sites excluding steroid dienone is 2. The molecule has 0 aromatic heterocycles. The predicted molar refractivity (Wildman–Crippen MR) is 61.2 cm³/mol. The van der Waals surface area contributed by atoms with E-state index in [0.717, 1.165) is 12.0 Å². The lowest BCUT2D eigenvalue weighted by Crippen LogP contribution is -2.27. The van der Waals surface area contributed by atoms with Crippen LogP contribution in [0.25, 0.3) is 0 Å². The van der Waals surface area contributed by atoms with Crippen LogP contribution >= 0.6 is 0 Å². The number of hydrogen-bond donors (Lipinski definition) is 0. The Hall–Kier alpha value is -2.06. The van der Waals surface area contributed by atoms with Gasteiger partial charge in [-0.15, -0.1) is 0 Å². The number of benzene rings is 1. The molecule has 2 rings (SSSR count). The van der Waals surface area contributed by atoms with Gasteiger partial charge in [-0.1, -0.05) is 42.5 Å². The van der Waals surface area contributed by atoms with Crippen LogP contribution in [0.1, 0.15) is 24.3 Å². The summed E-state index contributed by atoms with van der Waals surface area (Å²) in [5, 5.41) is 18.5. The summed E-state index contributed by atoms with van der Waals surface area (Å²) < 4.78 is 0. The van der Waals surface area contributed by atoms with Gasteiger partial charge in [0.25, 0.3) is 0 Å². The summed E-state index contributed by atoms with van der Waals surface area (Å²) in [6.07, 6.45) is 5.29. The summed E-state index contributed by atoms with van der Waals surface area (Å²) in [7, 11) is 0. The first-order valence-corrected chi connectivity index (χ1v) is 5.35. The fourth-order valence-electron chi connectivity index (χ4n) is 2.22. The van der Waals surface area contributed by atoms with Crippen LogP contribution in [0.3, 0.4) is 0 Å². The van der Waals surface area contributed by atoms with Crippen molar-refractivity contribution in [2.75, 3.05) is 0 Å². The second-order valence-corrected chi connectivity index (χ2v) is 4.07. The van der Waals surface area contributed by atoms with Crippen LogP contribution in [-0.2, 0) is 0 Å². The lowest BCUT2D eigenvalue weighted by molar-refractivity contribution is 0.399. The molecule has 1 aromatic carbocycles. The third-order valence-electron chi connectivity index (χ3n) is 3.17. The average molecular weight is 208 g/mol. The van der Waals surface area contributed by atoms with Gasteiger partial charge in [-0.05, 0) is 18.4 Å². The summed E-state index contributed by atoms with van der Waals surface area (Å²) in [6.45, 7) is 0. The molecule has 0 amide bonds. The Bertz CT molecular complexity index is 460. The van der Waals surface area contributed by atoms with Crippen LogP contribution in [-0.4, -0.2) is 0 Å². The van der Waals surface area contributed by atoms with Crippen LogP contribution in [0.2, 0.25) is 0 Å². The fourth-order valence-corrected chi connectivity index (χ4v) is 2.22. The molecule has 2 nitrogen and oxygen atoms in total. The Labute approximate surface area is 95.4 Å². The van der Waals surface area contributed by atoms with E-state index in [4.69, 9.17) is 0 Å². The molecule has 16 heavy (non-hydrogen) atoms. The van der Waals surface area contributed by atoms with E-state index in [1.807, 2.05) is 36.4 Å². The summed E-state index contributed by atoms with van der Waals surface area (Å²) in [5.74, 6) is -0.00583. The lowest BCUT2D eigenvalue weighted by Gasteiger charge is -2.30. The molecule has 1 aromatic rings. The largest absolute Gasteiger partial charge is 0.197 e. The van der Waals surface area contributed by atoms with Crippen molar-refractivity contribution in [2.45, 2.75) is 18.8 Å². The normalized spacial score (nSPS) is 22.0.